The van der Waals surface area contributed by atoms with Gasteiger partial charge in [0.2, 0.25) is 0 Å². The van der Waals surface area contributed by atoms with Crippen LogP contribution in [-0.4, -0.2) is 0 Å². The van der Waals surface area contributed by atoms with E-state index < -0.39 is 0 Å². The summed E-state index contributed by atoms with van der Waals surface area (Å²) in [5.74, 6) is 0. The zero-order valence-corrected chi connectivity index (χ0v) is 41.9. The maximum absolute atomic E-state index is 6.97. The number of benzene rings is 12. The van der Waals surface area contributed by atoms with Crippen molar-refractivity contribution in [2.75, 3.05) is 9.80 Å². The van der Waals surface area contributed by atoms with Crippen LogP contribution in [0.15, 0.2) is 235 Å². The molecular weight excluding hydrogens is 909 g/mol. The Morgan fingerprint density at radius 1 is 0.267 bits per heavy atom. The smallest absolute Gasteiger partial charge is 0.136 e. The van der Waals surface area contributed by atoms with Crippen LogP contribution in [0, 0.1) is 0 Å². The molecule has 0 unspecified atom stereocenters. The van der Waals surface area contributed by atoms with Gasteiger partial charge in [0.15, 0.2) is 0 Å². The molecule has 0 saturated heterocycles. The number of aryl methyl sites for hydroxylation is 2. The van der Waals surface area contributed by atoms with Gasteiger partial charge in [-0.25, -0.2) is 0 Å². The highest BCUT2D eigenvalue weighted by Gasteiger charge is 2.28. The molecule has 2 aliphatic rings. The van der Waals surface area contributed by atoms with Crippen LogP contribution in [0.3, 0.4) is 0 Å². The molecule has 0 radical (unpaired) electrons. The predicted molar refractivity (Wildman–Crippen MR) is 317 cm³/mol. The molecular formula is C72H54N2O. The summed E-state index contributed by atoms with van der Waals surface area (Å²) >= 11 is 0. The van der Waals surface area contributed by atoms with Crippen molar-refractivity contribution in [3.8, 4) is 22.3 Å². The topological polar surface area (TPSA) is 19.6 Å². The van der Waals surface area contributed by atoms with Gasteiger partial charge in [-0.3, -0.25) is 0 Å². The summed E-state index contributed by atoms with van der Waals surface area (Å²) in [5.41, 5.74) is 19.8. The lowest BCUT2D eigenvalue weighted by Gasteiger charge is -2.33. The first-order valence-electron chi connectivity index (χ1n) is 27.0. The Kier molecular flexibility index (Phi) is 10.4. The number of rotatable bonds is 8. The van der Waals surface area contributed by atoms with Crippen LogP contribution in [0.4, 0.5) is 34.1 Å². The molecule has 3 heteroatoms. The Balaban J connectivity index is 0.878. The second kappa shape index (κ2) is 17.9. The van der Waals surface area contributed by atoms with Crippen molar-refractivity contribution >= 4 is 99.2 Å². The van der Waals surface area contributed by atoms with E-state index in [0.717, 1.165) is 81.1 Å². The first-order valence-corrected chi connectivity index (χ1v) is 27.0. The number of anilines is 6. The maximum Gasteiger partial charge on any atom is 0.136 e. The van der Waals surface area contributed by atoms with Crippen LogP contribution in [0.25, 0.3) is 87.3 Å². The number of nitrogens with zero attached hydrogens (tertiary/aromatic N) is 2. The maximum atomic E-state index is 6.97. The fourth-order valence-corrected chi connectivity index (χ4v) is 13.0. The van der Waals surface area contributed by atoms with Crippen molar-refractivity contribution in [2.45, 2.75) is 51.4 Å². The fourth-order valence-electron chi connectivity index (χ4n) is 13.0. The molecule has 0 spiro atoms. The van der Waals surface area contributed by atoms with E-state index in [1.165, 1.54) is 114 Å². The minimum atomic E-state index is 0.895. The van der Waals surface area contributed by atoms with Crippen molar-refractivity contribution in [3.63, 3.8) is 0 Å². The molecule has 15 rings (SSSR count). The third-order valence-corrected chi connectivity index (χ3v) is 16.5. The van der Waals surface area contributed by atoms with Gasteiger partial charge in [-0.15, -0.1) is 0 Å². The summed E-state index contributed by atoms with van der Waals surface area (Å²) in [7, 11) is 0. The quantitative estimate of drug-likeness (QED) is 0.151. The van der Waals surface area contributed by atoms with Crippen LogP contribution in [0.1, 0.15) is 47.9 Å². The summed E-state index contributed by atoms with van der Waals surface area (Å²) in [6.45, 7) is 0. The van der Waals surface area contributed by atoms with Gasteiger partial charge in [0.1, 0.15) is 11.2 Å². The van der Waals surface area contributed by atoms with Crippen molar-refractivity contribution in [1.29, 1.82) is 0 Å². The van der Waals surface area contributed by atoms with Gasteiger partial charge in [-0.1, -0.05) is 158 Å². The van der Waals surface area contributed by atoms with Gasteiger partial charge in [-0.2, -0.15) is 0 Å². The molecule has 0 atom stereocenters. The summed E-state index contributed by atoms with van der Waals surface area (Å²) in [4.78, 5) is 5.06. The van der Waals surface area contributed by atoms with Gasteiger partial charge < -0.3 is 14.2 Å². The highest BCUT2D eigenvalue weighted by Crippen LogP contribution is 2.50. The standard InChI is InChI=1S/C72H54N2O/c1-3-23-55(24-4-1)73(71-61-29-13-9-19-49(61)35-39-65(71)63-31-15-21-47-17-7-11-27-59(47)63)57-37-33-51-43-67-68-44-52-34-38-58(42-54(52)46-70(68)75-69(67)45-53(51)41-57)74(56-25-5-2-6-26-56)72-62-30-14-10-20-50(62)36-40-66(72)64-32-16-22-48-18-8-12-28-60(48)64/h1-8,11-12,15-18,21-28,31-46H,9-10,13-14,19-20,29-30H2. The minimum Gasteiger partial charge on any atom is -0.456 e. The fraction of sp³-hybridized carbons (Fsp3) is 0.111. The third kappa shape index (κ3) is 7.40. The molecule has 0 bridgehead atoms. The Morgan fingerprint density at radius 2 is 0.693 bits per heavy atom. The van der Waals surface area contributed by atoms with E-state index in [1.54, 1.807) is 0 Å². The number of hydrogen-bond donors (Lipinski definition) is 0. The second-order valence-electron chi connectivity index (χ2n) is 20.9. The van der Waals surface area contributed by atoms with Gasteiger partial charge in [0.25, 0.3) is 0 Å². The Labute approximate surface area is 437 Å². The van der Waals surface area contributed by atoms with E-state index in [1.807, 2.05) is 0 Å². The first kappa shape index (κ1) is 43.6. The van der Waals surface area contributed by atoms with Crippen LogP contribution < -0.4 is 9.80 Å². The Bertz CT molecular complexity index is 4090. The summed E-state index contributed by atoms with van der Waals surface area (Å²) in [6, 6.07) is 85.9. The SMILES string of the molecule is c1ccc(N(c2ccc3cc4c(cc3c2)oc2cc3cc(N(c5ccccc5)c5c(-c6cccc7ccccc67)ccc6c5CCCC6)ccc3cc24)c2c(-c3cccc4ccccc34)ccc3c2CCCC3)cc1. The molecule has 3 nitrogen and oxygen atoms in total. The van der Waals surface area contributed by atoms with E-state index in [9.17, 15) is 0 Å². The molecule has 0 aliphatic heterocycles. The molecule has 2 aliphatic carbocycles. The predicted octanol–water partition coefficient (Wildman–Crippen LogP) is 20.2. The zero-order chi connectivity index (χ0) is 49.4. The average Bonchev–Trinajstić information content (AvgIpc) is 3.84. The van der Waals surface area contributed by atoms with Crippen LogP contribution >= 0.6 is 0 Å². The third-order valence-electron chi connectivity index (χ3n) is 16.5. The van der Waals surface area contributed by atoms with Crippen molar-refractivity contribution in [3.05, 3.63) is 253 Å². The van der Waals surface area contributed by atoms with Crippen molar-refractivity contribution < 1.29 is 4.42 Å². The van der Waals surface area contributed by atoms with Crippen molar-refractivity contribution in [1.82, 2.24) is 0 Å². The Morgan fingerprint density at radius 3 is 1.17 bits per heavy atom. The molecule has 1 aromatic heterocycles. The normalized spacial score (nSPS) is 13.4. The van der Waals surface area contributed by atoms with Crippen LogP contribution in [-0.2, 0) is 25.7 Å². The lowest BCUT2D eigenvalue weighted by atomic mass is 9.85. The monoisotopic (exact) mass is 962 g/mol. The minimum absolute atomic E-state index is 0.895. The molecule has 0 fully saturated rings. The molecule has 75 heavy (non-hydrogen) atoms. The molecule has 13 aromatic rings. The first-order chi connectivity index (χ1) is 37.2. The van der Waals surface area contributed by atoms with E-state index >= 15 is 0 Å². The van der Waals surface area contributed by atoms with Crippen LogP contribution in [0.2, 0.25) is 0 Å². The van der Waals surface area contributed by atoms with E-state index in [2.05, 4.69) is 240 Å². The zero-order valence-electron chi connectivity index (χ0n) is 41.9. The average molecular weight is 963 g/mol. The lowest BCUT2D eigenvalue weighted by molar-refractivity contribution is 0.670. The highest BCUT2D eigenvalue weighted by molar-refractivity contribution is 6.14. The molecule has 0 amide bonds. The molecule has 0 saturated carbocycles. The van der Waals surface area contributed by atoms with Crippen molar-refractivity contribution in [2.24, 2.45) is 0 Å². The summed E-state index contributed by atoms with van der Waals surface area (Å²) < 4.78 is 6.97. The van der Waals surface area contributed by atoms with E-state index in [0.29, 0.717) is 0 Å². The molecule has 12 aromatic carbocycles. The molecule has 1 heterocycles. The van der Waals surface area contributed by atoms with Crippen LogP contribution in [0.5, 0.6) is 0 Å². The lowest BCUT2D eigenvalue weighted by Crippen LogP contribution is -2.16. The summed E-state index contributed by atoms with van der Waals surface area (Å²) in [5, 5.41) is 12.0. The van der Waals surface area contributed by atoms with E-state index in [-0.39, 0.29) is 0 Å². The molecule has 358 valence electrons. The number of para-hydroxylation sites is 2. The Hall–Kier alpha value is -8.92. The largest absolute Gasteiger partial charge is 0.456 e. The van der Waals surface area contributed by atoms with Gasteiger partial charge in [0, 0.05) is 44.6 Å². The number of fused-ring (bicyclic) bond motifs is 9. The highest BCUT2D eigenvalue weighted by atomic mass is 16.3. The summed E-state index contributed by atoms with van der Waals surface area (Å²) in [6.07, 6.45) is 9.14. The number of furan rings is 1. The van der Waals surface area contributed by atoms with Gasteiger partial charge >= 0.3 is 0 Å². The molecule has 0 N–H and O–H groups in total. The number of hydrogen-bond acceptors (Lipinski definition) is 3. The van der Waals surface area contributed by atoms with Gasteiger partial charge in [-0.05, 0) is 201 Å². The second-order valence-corrected chi connectivity index (χ2v) is 20.9. The van der Waals surface area contributed by atoms with E-state index in [4.69, 9.17) is 4.42 Å². The van der Waals surface area contributed by atoms with Gasteiger partial charge in [0.05, 0.1) is 11.4 Å².